The lowest BCUT2D eigenvalue weighted by atomic mass is 9.96. The maximum Gasteiger partial charge on any atom is 0.252 e. The zero-order valence-electron chi connectivity index (χ0n) is 17.4. The van der Waals surface area contributed by atoms with E-state index in [0.29, 0.717) is 43.2 Å². The molecule has 0 spiro atoms. The third-order valence-corrected chi connectivity index (χ3v) is 9.95. The highest BCUT2D eigenvalue weighted by Gasteiger charge is 2.35. The first kappa shape index (κ1) is 22.6. The zero-order chi connectivity index (χ0) is 22.0. The molecular weight excluding hydrogens is 502 g/mol. The molecule has 1 amide bonds. The first-order valence-corrected chi connectivity index (χ1v) is 13.4. The molecule has 0 atom stereocenters. The van der Waals surface area contributed by atoms with Crippen molar-refractivity contribution in [3.8, 4) is 5.75 Å². The second-order valence-corrected chi connectivity index (χ2v) is 12.4. The number of hydrogen-bond acceptors (Lipinski definition) is 6. The van der Waals surface area contributed by atoms with Crippen LogP contribution in [0.25, 0.3) is 0 Å². The van der Waals surface area contributed by atoms with E-state index in [1.54, 1.807) is 19.2 Å². The summed E-state index contributed by atoms with van der Waals surface area (Å²) >= 11 is 4.54. The summed E-state index contributed by atoms with van der Waals surface area (Å²) in [6.07, 6.45) is 1.14. The molecule has 2 aliphatic heterocycles. The van der Waals surface area contributed by atoms with Gasteiger partial charge in [0.1, 0.15) is 9.96 Å². The molecule has 31 heavy (non-hydrogen) atoms. The molecule has 1 aromatic heterocycles. The number of anilines is 1. The number of thiophene rings is 1. The van der Waals surface area contributed by atoms with E-state index >= 15 is 0 Å². The number of carbonyl (C=O) groups is 1. The third kappa shape index (κ3) is 4.92. The number of methoxy groups -OCH3 is 1. The standard InChI is InChI=1S/C21H26BrN3O4S2/c1-29-18-4-2-3-17(15-18)23-11-13-24(14-12-23)21(26)16-7-9-25(10-8-16)31(27,28)20-6-5-19(22)30-20/h2-6,15-16H,7-14H2,1H3. The first-order valence-electron chi connectivity index (χ1n) is 10.3. The van der Waals surface area contributed by atoms with E-state index < -0.39 is 10.0 Å². The molecule has 0 N–H and O–H groups in total. The molecule has 10 heteroatoms. The van der Waals surface area contributed by atoms with Crippen molar-refractivity contribution < 1.29 is 17.9 Å². The second-order valence-electron chi connectivity index (χ2n) is 7.75. The number of benzene rings is 1. The molecule has 4 rings (SSSR count). The maximum atomic E-state index is 13.0. The van der Waals surface area contributed by atoms with Gasteiger partial charge in [0.2, 0.25) is 5.91 Å². The van der Waals surface area contributed by atoms with Gasteiger partial charge < -0.3 is 14.5 Å². The van der Waals surface area contributed by atoms with Gasteiger partial charge in [0.15, 0.2) is 0 Å². The highest BCUT2D eigenvalue weighted by molar-refractivity contribution is 9.11. The summed E-state index contributed by atoms with van der Waals surface area (Å²) in [6, 6.07) is 11.3. The Morgan fingerprint density at radius 2 is 1.77 bits per heavy atom. The Balaban J connectivity index is 1.30. The highest BCUT2D eigenvalue weighted by Crippen LogP contribution is 2.31. The van der Waals surface area contributed by atoms with E-state index in [1.807, 2.05) is 23.1 Å². The van der Waals surface area contributed by atoms with Gasteiger partial charge in [-0.3, -0.25) is 4.79 Å². The van der Waals surface area contributed by atoms with Crippen molar-refractivity contribution in [1.82, 2.24) is 9.21 Å². The second kappa shape index (κ2) is 9.48. The lowest BCUT2D eigenvalue weighted by Crippen LogP contribution is -2.52. The average molecular weight is 528 g/mol. The summed E-state index contributed by atoms with van der Waals surface area (Å²) in [5.41, 5.74) is 1.10. The van der Waals surface area contributed by atoms with Crippen LogP contribution in [0.4, 0.5) is 5.69 Å². The van der Waals surface area contributed by atoms with Gasteiger partial charge >= 0.3 is 0 Å². The van der Waals surface area contributed by atoms with Crippen LogP contribution in [-0.2, 0) is 14.8 Å². The Bertz CT molecular complexity index is 1030. The van der Waals surface area contributed by atoms with Gasteiger partial charge in [0.25, 0.3) is 10.0 Å². The predicted octanol–water partition coefficient (Wildman–Crippen LogP) is 3.27. The van der Waals surface area contributed by atoms with Gasteiger partial charge in [0, 0.05) is 56.9 Å². The molecule has 0 saturated carbocycles. The van der Waals surface area contributed by atoms with Crippen LogP contribution in [-0.4, -0.2) is 69.9 Å². The number of piperidine rings is 1. The van der Waals surface area contributed by atoms with E-state index in [9.17, 15) is 13.2 Å². The van der Waals surface area contributed by atoms with Crippen LogP contribution in [0.1, 0.15) is 12.8 Å². The van der Waals surface area contributed by atoms with Crippen LogP contribution >= 0.6 is 27.3 Å². The Hall–Kier alpha value is -1.62. The smallest absolute Gasteiger partial charge is 0.252 e. The fourth-order valence-corrected chi connectivity index (χ4v) is 7.79. The number of hydrogen-bond donors (Lipinski definition) is 0. The summed E-state index contributed by atoms with van der Waals surface area (Å²) in [7, 11) is -1.82. The number of sulfonamides is 1. The van der Waals surface area contributed by atoms with Gasteiger partial charge in [-0.25, -0.2) is 8.42 Å². The van der Waals surface area contributed by atoms with Crippen molar-refractivity contribution in [3.05, 3.63) is 40.2 Å². The predicted molar refractivity (Wildman–Crippen MR) is 125 cm³/mol. The molecule has 0 bridgehead atoms. The van der Waals surface area contributed by atoms with Gasteiger partial charge in [-0.2, -0.15) is 4.31 Å². The Morgan fingerprint density at radius 3 is 2.39 bits per heavy atom. The minimum atomic E-state index is -3.48. The summed E-state index contributed by atoms with van der Waals surface area (Å²) in [5, 5.41) is 0. The molecule has 168 valence electrons. The van der Waals surface area contributed by atoms with E-state index in [-0.39, 0.29) is 11.8 Å². The molecule has 0 radical (unpaired) electrons. The average Bonchev–Trinajstić information content (AvgIpc) is 3.26. The van der Waals surface area contributed by atoms with Crippen LogP contribution in [0.5, 0.6) is 5.75 Å². The van der Waals surface area contributed by atoms with Crippen molar-refractivity contribution in [2.75, 3.05) is 51.3 Å². The molecule has 2 saturated heterocycles. The summed E-state index contributed by atoms with van der Waals surface area (Å²) in [6.45, 7) is 3.68. The van der Waals surface area contributed by atoms with E-state index in [4.69, 9.17) is 4.74 Å². The lowest BCUT2D eigenvalue weighted by Gasteiger charge is -2.39. The third-order valence-electron chi connectivity index (χ3n) is 5.96. The maximum absolute atomic E-state index is 13.0. The van der Waals surface area contributed by atoms with Crippen LogP contribution in [0.2, 0.25) is 0 Å². The van der Waals surface area contributed by atoms with Crippen LogP contribution in [0, 0.1) is 5.92 Å². The highest BCUT2D eigenvalue weighted by atomic mass is 79.9. The zero-order valence-corrected chi connectivity index (χ0v) is 20.6. The normalized spacial score (nSPS) is 18.9. The Kier molecular flexibility index (Phi) is 6.90. The van der Waals surface area contributed by atoms with Gasteiger partial charge in [-0.05, 0) is 53.0 Å². The fraction of sp³-hybridized carbons (Fsp3) is 0.476. The molecule has 1 aromatic carbocycles. The number of carbonyl (C=O) groups excluding carboxylic acids is 1. The Morgan fingerprint density at radius 1 is 1.06 bits per heavy atom. The minimum Gasteiger partial charge on any atom is -0.497 e. The molecule has 0 aliphatic carbocycles. The molecule has 2 aliphatic rings. The first-order chi connectivity index (χ1) is 14.9. The summed E-state index contributed by atoms with van der Waals surface area (Å²) in [4.78, 5) is 17.2. The minimum absolute atomic E-state index is 0.107. The number of amides is 1. The van der Waals surface area contributed by atoms with Crippen molar-refractivity contribution in [2.45, 2.75) is 17.1 Å². The summed E-state index contributed by atoms with van der Waals surface area (Å²) in [5.74, 6) is 0.874. The van der Waals surface area contributed by atoms with Crippen molar-refractivity contribution in [2.24, 2.45) is 5.92 Å². The van der Waals surface area contributed by atoms with Gasteiger partial charge in [-0.1, -0.05) is 6.07 Å². The van der Waals surface area contributed by atoms with E-state index in [2.05, 4.69) is 26.9 Å². The molecule has 7 nitrogen and oxygen atoms in total. The van der Waals surface area contributed by atoms with Crippen molar-refractivity contribution in [1.29, 1.82) is 0 Å². The van der Waals surface area contributed by atoms with Crippen molar-refractivity contribution in [3.63, 3.8) is 0 Å². The van der Waals surface area contributed by atoms with E-state index in [0.717, 1.165) is 28.3 Å². The number of halogens is 1. The summed E-state index contributed by atoms with van der Waals surface area (Å²) < 4.78 is 33.6. The number of rotatable bonds is 5. The number of ether oxygens (including phenoxy) is 1. The lowest BCUT2D eigenvalue weighted by molar-refractivity contribution is -0.137. The number of piperazine rings is 1. The van der Waals surface area contributed by atoms with Crippen molar-refractivity contribution >= 4 is 48.9 Å². The fourth-order valence-electron chi connectivity index (χ4n) is 4.16. The van der Waals surface area contributed by atoms with Gasteiger partial charge in [-0.15, -0.1) is 11.3 Å². The molecule has 2 aromatic rings. The van der Waals surface area contributed by atoms with Crippen LogP contribution in [0.15, 0.2) is 44.4 Å². The van der Waals surface area contributed by atoms with Crippen LogP contribution < -0.4 is 9.64 Å². The SMILES string of the molecule is COc1cccc(N2CCN(C(=O)C3CCN(S(=O)(=O)c4ccc(Br)s4)CC3)CC2)c1. The van der Waals surface area contributed by atoms with Gasteiger partial charge in [0.05, 0.1) is 10.9 Å². The quantitative estimate of drug-likeness (QED) is 0.596. The molecule has 3 heterocycles. The largest absolute Gasteiger partial charge is 0.497 e. The molecule has 2 fully saturated rings. The Labute approximate surface area is 195 Å². The monoisotopic (exact) mass is 527 g/mol. The molecule has 0 unspecified atom stereocenters. The molecular formula is C21H26BrN3O4S2. The number of nitrogens with zero attached hydrogens (tertiary/aromatic N) is 3. The topological polar surface area (TPSA) is 70.2 Å². The van der Waals surface area contributed by atoms with Crippen LogP contribution in [0.3, 0.4) is 0 Å². The van der Waals surface area contributed by atoms with E-state index in [1.165, 1.54) is 15.6 Å².